The maximum absolute atomic E-state index is 12.6. The molecule has 27 heavy (non-hydrogen) atoms. The second kappa shape index (κ2) is 7.56. The van der Waals surface area contributed by atoms with Crippen molar-refractivity contribution in [2.24, 2.45) is 7.05 Å². The molecule has 0 atom stereocenters. The van der Waals surface area contributed by atoms with E-state index in [1.807, 2.05) is 28.9 Å². The number of aryl methyl sites for hydroxylation is 2. The third kappa shape index (κ3) is 3.81. The summed E-state index contributed by atoms with van der Waals surface area (Å²) in [7, 11) is 1.93. The van der Waals surface area contributed by atoms with Gasteiger partial charge in [-0.2, -0.15) is 10.2 Å². The normalized spacial score (nSPS) is 13.4. The van der Waals surface area contributed by atoms with Gasteiger partial charge in [0.05, 0.1) is 6.20 Å². The van der Waals surface area contributed by atoms with E-state index >= 15 is 0 Å². The van der Waals surface area contributed by atoms with Gasteiger partial charge in [0, 0.05) is 75.6 Å². The molecule has 0 saturated carbocycles. The number of nitrogens with zero attached hydrogens (tertiary/aromatic N) is 7. The second-order valence-corrected chi connectivity index (χ2v) is 6.41. The lowest BCUT2D eigenvalue weighted by atomic mass is 10.0. The number of hydrogen-bond donors (Lipinski definition) is 0. The number of carbonyl (C=O) groups is 1. The molecule has 0 saturated heterocycles. The predicted molar refractivity (Wildman–Crippen MR) is 95.5 cm³/mol. The number of carbonyl (C=O) groups excluding carboxylic acids is 1. The topological polar surface area (TPSA) is 91.0 Å². The van der Waals surface area contributed by atoms with Crippen molar-refractivity contribution in [3.05, 3.63) is 54.0 Å². The number of aromatic nitrogens is 6. The van der Waals surface area contributed by atoms with Crippen LogP contribution in [0.2, 0.25) is 0 Å². The van der Waals surface area contributed by atoms with Crippen molar-refractivity contribution in [1.82, 2.24) is 34.4 Å². The standard InChI is InChI=1S/C18H21N7O2/c1-23-16-3-9-24(18(26)4-10-25-8-2-5-21-25)12-14(16)15(22-23)13-27-17-11-19-6-7-20-17/h2,5-8,11H,3-4,9-10,12-13H2,1H3. The first-order chi connectivity index (χ1) is 13.2. The summed E-state index contributed by atoms with van der Waals surface area (Å²) in [6, 6.07) is 1.86. The van der Waals surface area contributed by atoms with Crippen molar-refractivity contribution in [2.75, 3.05) is 6.54 Å². The zero-order valence-electron chi connectivity index (χ0n) is 15.2. The van der Waals surface area contributed by atoms with Gasteiger partial charge in [0.25, 0.3) is 0 Å². The Bertz CT molecular complexity index is 905. The van der Waals surface area contributed by atoms with Gasteiger partial charge in [-0.15, -0.1) is 0 Å². The van der Waals surface area contributed by atoms with Crippen molar-refractivity contribution in [2.45, 2.75) is 32.5 Å². The molecule has 3 aromatic rings. The summed E-state index contributed by atoms with van der Waals surface area (Å²) in [6.45, 7) is 2.15. The van der Waals surface area contributed by atoms with E-state index in [1.54, 1.807) is 29.5 Å². The monoisotopic (exact) mass is 367 g/mol. The zero-order chi connectivity index (χ0) is 18.6. The molecule has 1 aliphatic heterocycles. The Balaban J connectivity index is 1.42. The van der Waals surface area contributed by atoms with Crippen LogP contribution in [-0.4, -0.2) is 46.9 Å². The molecule has 0 unspecified atom stereocenters. The number of fused-ring (bicyclic) bond motifs is 1. The van der Waals surface area contributed by atoms with Crippen LogP contribution < -0.4 is 4.74 Å². The summed E-state index contributed by atoms with van der Waals surface area (Å²) in [5.41, 5.74) is 3.06. The van der Waals surface area contributed by atoms with Gasteiger partial charge in [-0.25, -0.2) is 4.98 Å². The molecule has 1 amide bonds. The minimum atomic E-state index is 0.126. The molecule has 3 aromatic heterocycles. The maximum Gasteiger partial charge on any atom is 0.232 e. The summed E-state index contributed by atoms with van der Waals surface area (Å²) in [6.07, 6.45) is 9.56. The molecule has 0 aromatic carbocycles. The Morgan fingerprint density at radius 1 is 1.30 bits per heavy atom. The van der Waals surface area contributed by atoms with E-state index in [2.05, 4.69) is 20.2 Å². The Labute approximate surface area is 156 Å². The summed E-state index contributed by atoms with van der Waals surface area (Å²) in [5.74, 6) is 0.584. The molecule has 4 heterocycles. The van der Waals surface area contributed by atoms with Crippen LogP contribution in [0.5, 0.6) is 5.88 Å². The summed E-state index contributed by atoms with van der Waals surface area (Å²) >= 11 is 0. The molecule has 9 heteroatoms. The van der Waals surface area contributed by atoms with Crippen molar-refractivity contribution in [3.8, 4) is 5.88 Å². The van der Waals surface area contributed by atoms with Crippen molar-refractivity contribution >= 4 is 5.91 Å². The zero-order valence-corrected chi connectivity index (χ0v) is 15.2. The number of amides is 1. The van der Waals surface area contributed by atoms with E-state index in [0.29, 0.717) is 38.5 Å². The predicted octanol–water partition coefficient (Wildman–Crippen LogP) is 0.961. The molecule has 0 radical (unpaired) electrons. The molecule has 9 nitrogen and oxygen atoms in total. The van der Waals surface area contributed by atoms with Gasteiger partial charge < -0.3 is 9.64 Å². The highest BCUT2D eigenvalue weighted by Gasteiger charge is 2.26. The number of ether oxygens (including phenoxy) is 1. The van der Waals surface area contributed by atoms with E-state index in [4.69, 9.17) is 4.74 Å². The van der Waals surface area contributed by atoms with Crippen LogP contribution in [0.25, 0.3) is 0 Å². The molecule has 140 valence electrons. The van der Waals surface area contributed by atoms with E-state index in [9.17, 15) is 4.79 Å². The van der Waals surface area contributed by atoms with E-state index in [-0.39, 0.29) is 5.91 Å². The lowest BCUT2D eigenvalue weighted by Gasteiger charge is -2.27. The highest BCUT2D eigenvalue weighted by atomic mass is 16.5. The SMILES string of the molecule is Cn1nc(COc2cnccn2)c2c1CCN(C(=O)CCn1cccn1)C2. The first kappa shape index (κ1) is 17.2. The minimum Gasteiger partial charge on any atom is -0.470 e. The van der Waals surface area contributed by atoms with Gasteiger partial charge in [-0.1, -0.05) is 0 Å². The first-order valence-corrected chi connectivity index (χ1v) is 8.88. The van der Waals surface area contributed by atoms with Gasteiger partial charge in [0.1, 0.15) is 12.3 Å². The smallest absolute Gasteiger partial charge is 0.232 e. The van der Waals surface area contributed by atoms with E-state index < -0.39 is 0 Å². The average Bonchev–Trinajstić information content (AvgIpc) is 3.33. The minimum absolute atomic E-state index is 0.126. The van der Waals surface area contributed by atoms with Crippen LogP contribution >= 0.6 is 0 Å². The molecule has 0 spiro atoms. The third-order valence-corrected chi connectivity index (χ3v) is 4.69. The van der Waals surface area contributed by atoms with Crippen molar-refractivity contribution < 1.29 is 9.53 Å². The largest absolute Gasteiger partial charge is 0.470 e. The molecule has 1 aliphatic rings. The van der Waals surface area contributed by atoms with Crippen LogP contribution in [0.15, 0.2) is 37.1 Å². The van der Waals surface area contributed by atoms with Gasteiger partial charge in [-0.3, -0.25) is 19.1 Å². The molecular weight excluding hydrogens is 346 g/mol. The molecular formula is C18H21N7O2. The fourth-order valence-corrected chi connectivity index (χ4v) is 3.30. The Kier molecular flexibility index (Phi) is 4.82. The molecule has 4 rings (SSSR count). The Morgan fingerprint density at radius 3 is 3.00 bits per heavy atom. The van der Waals surface area contributed by atoms with Crippen LogP contribution in [0, 0.1) is 0 Å². The van der Waals surface area contributed by atoms with Crippen molar-refractivity contribution in [3.63, 3.8) is 0 Å². The van der Waals surface area contributed by atoms with Gasteiger partial charge in [0.2, 0.25) is 11.8 Å². The fraction of sp³-hybridized carbons (Fsp3) is 0.389. The van der Waals surface area contributed by atoms with E-state index in [1.165, 1.54) is 0 Å². The lowest BCUT2D eigenvalue weighted by Crippen LogP contribution is -2.37. The van der Waals surface area contributed by atoms with Gasteiger partial charge >= 0.3 is 0 Å². The third-order valence-electron chi connectivity index (χ3n) is 4.69. The Morgan fingerprint density at radius 2 is 2.22 bits per heavy atom. The number of hydrogen-bond acceptors (Lipinski definition) is 6. The van der Waals surface area contributed by atoms with Crippen LogP contribution in [0.1, 0.15) is 23.4 Å². The molecule has 0 bridgehead atoms. The number of rotatable bonds is 6. The second-order valence-electron chi connectivity index (χ2n) is 6.41. The Hall–Kier alpha value is -3.23. The molecule has 0 aliphatic carbocycles. The highest BCUT2D eigenvalue weighted by Crippen LogP contribution is 2.23. The fourth-order valence-electron chi connectivity index (χ4n) is 3.30. The van der Waals surface area contributed by atoms with Gasteiger partial charge in [0.15, 0.2) is 0 Å². The van der Waals surface area contributed by atoms with Crippen molar-refractivity contribution in [1.29, 1.82) is 0 Å². The van der Waals surface area contributed by atoms with Crippen LogP contribution in [0.3, 0.4) is 0 Å². The lowest BCUT2D eigenvalue weighted by molar-refractivity contribution is -0.132. The summed E-state index contributed by atoms with van der Waals surface area (Å²) in [5, 5.41) is 8.72. The first-order valence-electron chi connectivity index (χ1n) is 8.88. The highest BCUT2D eigenvalue weighted by molar-refractivity contribution is 5.76. The molecule has 0 fully saturated rings. The maximum atomic E-state index is 12.6. The summed E-state index contributed by atoms with van der Waals surface area (Å²) in [4.78, 5) is 22.6. The van der Waals surface area contributed by atoms with Crippen LogP contribution in [-0.2, 0) is 38.0 Å². The molecule has 0 N–H and O–H groups in total. The van der Waals surface area contributed by atoms with Gasteiger partial charge in [-0.05, 0) is 6.07 Å². The summed E-state index contributed by atoms with van der Waals surface area (Å²) < 4.78 is 9.36. The quantitative estimate of drug-likeness (QED) is 0.645. The van der Waals surface area contributed by atoms with E-state index in [0.717, 1.165) is 23.4 Å². The average molecular weight is 367 g/mol. The van der Waals surface area contributed by atoms with Crippen LogP contribution in [0.4, 0.5) is 0 Å².